The van der Waals surface area contributed by atoms with Crippen LogP contribution >= 0.6 is 0 Å². The summed E-state index contributed by atoms with van der Waals surface area (Å²) in [7, 11) is 0. The van der Waals surface area contributed by atoms with Gasteiger partial charge in [-0.2, -0.15) is 27.8 Å². The first-order chi connectivity index (χ1) is 12.9. The molecule has 0 aromatic carbocycles. The number of hydrogen-bond acceptors (Lipinski definition) is 5. The number of piperazine rings is 1. The molecule has 1 saturated heterocycles. The molecule has 146 valence electrons. The number of hydrogen-bond donors (Lipinski definition) is 0. The van der Waals surface area contributed by atoms with Gasteiger partial charge in [-0.15, -0.1) is 0 Å². The maximum Gasteiger partial charge on any atom is 0.433 e. The van der Waals surface area contributed by atoms with Crippen LogP contribution in [0.1, 0.15) is 37.8 Å². The normalized spacial score (nSPS) is 19.7. The van der Waals surface area contributed by atoms with Crippen molar-refractivity contribution in [2.45, 2.75) is 38.3 Å². The van der Waals surface area contributed by atoms with Gasteiger partial charge in [-0.05, 0) is 12.8 Å². The highest BCUT2D eigenvalue weighted by Crippen LogP contribution is 2.31. The predicted molar refractivity (Wildman–Crippen MR) is 91.2 cm³/mol. The van der Waals surface area contributed by atoms with E-state index >= 15 is 0 Å². The van der Waals surface area contributed by atoms with Crippen molar-refractivity contribution in [3.05, 3.63) is 18.1 Å². The van der Waals surface area contributed by atoms with Gasteiger partial charge in [0.15, 0.2) is 5.69 Å². The zero-order chi connectivity index (χ0) is 19.0. The standard InChI is InChI=1S/C17H21F3N6O/c18-17(19,20)13-10-14(26-16(23-13)21-11-22-26)24-6-8-25(9-7-24)15(27)12-4-2-1-3-5-12/h10-12H,1-9H2. The first-order valence-corrected chi connectivity index (χ1v) is 9.25. The highest BCUT2D eigenvalue weighted by molar-refractivity contribution is 5.79. The molecule has 2 aliphatic rings. The fourth-order valence-electron chi connectivity index (χ4n) is 3.93. The van der Waals surface area contributed by atoms with Gasteiger partial charge >= 0.3 is 6.18 Å². The van der Waals surface area contributed by atoms with Crippen molar-refractivity contribution in [1.82, 2.24) is 24.5 Å². The van der Waals surface area contributed by atoms with E-state index < -0.39 is 11.9 Å². The van der Waals surface area contributed by atoms with Crippen LogP contribution in [0.25, 0.3) is 5.78 Å². The molecule has 0 bridgehead atoms. The molecule has 27 heavy (non-hydrogen) atoms. The van der Waals surface area contributed by atoms with Gasteiger partial charge in [0.25, 0.3) is 5.78 Å². The highest BCUT2D eigenvalue weighted by atomic mass is 19.4. The van der Waals surface area contributed by atoms with E-state index in [0.29, 0.717) is 32.0 Å². The van der Waals surface area contributed by atoms with Gasteiger partial charge in [0, 0.05) is 38.2 Å². The molecule has 1 saturated carbocycles. The molecular formula is C17H21F3N6O. The number of rotatable bonds is 2. The summed E-state index contributed by atoms with van der Waals surface area (Å²) in [6, 6.07) is 1.00. The van der Waals surface area contributed by atoms with Crippen molar-refractivity contribution in [3.63, 3.8) is 0 Å². The molecule has 0 N–H and O–H groups in total. The summed E-state index contributed by atoms with van der Waals surface area (Å²) in [5.41, 5.74) is -0.987. The second-order valence-corrected chi connectivity index (χ2v) is 7.12. The fourth-order valence-corrected chi connectivity index (χ4v) is 3.93. The first kappa shape index (κ1) is 18.0. The van der Waals surface area contributed by atoms with Crippen LogP contribution in [-0.2, 0) is 11.0 Å². The summed E-state index contributed by atoms with van der Waals surface area (Å²) in [6.07, 6.45) is 1.90. The van der Waals surface area contributed by atoms with Crippen LogP contribution in [0.5, 0.6) is 0 Å². The summed E-state index contributed by atoms with van der Waals surface area (Å²) in [4.78, 5) is 23.7. The third-order valence-corrected chi connectivity index (χ3v) is 5.39. The number of halogens is 3. The molecule has 3 heterocycles. The summed E-state index contributed by atoms with van der Waals surface area (Å²) in [6.45, 7) is 1.90. The molecule has 2 aromatic rings. The van der Waals surface area contributed by atoms with Crippen LogP contribution in [0.3, 0.4) is 0 Å². The van der Waals surface area contributed by atoms with Crippen LogP contribution in [0.4, 0.5) is 19.0 Å². The Morgan fingerprint density at radius 1 is 1.07 bits per heavy atom. The Bertz CT molecular complexity index is 822. The minimum atomic E-state index is -4.55. The molecule has 10 heteroatoms. The molecule has 1 amide bonds. The Hall–Kier alpha value is -2.39. The third kappa shape index (κ3) is 3.57. The molecular weight excluding hydrogens is 361 g/mol. The van der Waals surface area contributed by atoms with Gasteiger partial charge in [-0.25, -0.2) is 4.98 Å². The average Bonchev–Trinajstić information content (AvgIpc) is 3.15. The maximum absolute atomic E-state index is 13.2. The first-order valence-electron chi connectivity index (χ1n) is 9.25. The van der Waals surface area contributed by atoms with Crippen LogP contribution < -0.4 is 4.90 Å². The second-order valence-electron chi connectivity index (χ2n) is 7.12. The van der Waals surface area contributed by atoms with Crippen molar-refractivity contribution in [2.24, 2.45) is 5.92 Å². The van der Waals surface area contributed by atoms with Crippen LogP contribution in [-0.4, -0.2) is 56.6 Å². The van der Waals surface area contributed by atoms with Crippen molar-refractivity contribution in [3.8, 4) is 0 Å². The third-order valence-electron chi connectivity index (χ3n) is 5.39. The molecule has 4 rings (SSSR count). The van der Waals surface area contributed by atoms with Crippen molar-refractivity contribution < 1.29 is 18.0 Å². The van der Waals surface area contributed by atoms with E-state index in [9.17, 15) is 18.0 Å². The number of anilines is 1. The van der Waals surface area contributed by atoms with Crippen LogP contribution in [0, 0.1) is 5.92 Å². The molecule has 0 spiro atoms. The van der Waals surface area contributed by atoms with Gasteiger partial charge in [0.2, 0.25) is 5.91 Å². The number of amides is 1. The van der Waals surface area contributed by atoms with Gasteiger partial charge < -0.3 is 9.80 Å². The van der Waals surface area contributed by atoms with E-state index in [4.69, 9.17) is 0 Å². The molecule has 1 aliphatic heterocycles. The van der Waals surface area contributed by atoms with Crippen molar-refractivity contribution in [2.75, 3.05) is 31.1 Å². The monoisotopic (exact) mass is 382 g/mol. The fraction of sp³-hybridized carbons (Fsp3) is 0.647. The van der Waals surface area contributed by atoms with Gasteiger partial charge in [0.1, 0.15) is 12.1 Å². The van der Waals surface area contributed by atoms with E-state index in [0.717, 1.165) is 31.7 Å². The zero-order valence-electron chi connectivity index (χ0n) is 14.8. The SMILES string of the molecule is O=C(C1CCCCC1)N1CCN(c2cc(C(F)(F)F)nc3ncnn23)CC1. The van der Waals surface area contributed by atoms with Gasteiger partial charge in [0.05, 0.1) is 0 Å². The molecule has 1 aliphatic carbocycles. The van der Waals surface area contributed by atoms with Crippen molar-refractivity contribution in [1.29, 1.82) is 0 Å². The quantitative estimate of drug-likeness (QED) is 0.798. The lowest BCUT2D eigenvalue weighted by Crippen LogP contribution is -2.51. The van der Waals surface area contributed by atoms with Crippen LogP contribution in [0.15, 0.2) is 12.4 Å². The molecule has 0 radical (unpaired) electrons. The molecule has 2 fully saturated rings. The van der Waals surface area contributed by atoms with E-state index in [1.165, 1.54) is 17.3 Å². The van der Waals surface area contributed by atoms with E-state index in [2.05, 4.69) is 15.1 Å². The van der Waals surface area contributed by atoms with Gasteiger partial charge in [-0.3, -0.25) is 4.79 Å². The Kier molecular flexibility index (Phi) is 4.65. The molecule has 0 atom stereocenters. The summed E-state index contributed by atoms with van der Waals surface area (Å²) in [5, 5.41) is 4.00. The maximum atomic E-state index is 13.2. The Labute approximate surface area is 154 Å². The molecule has 0 unspecified atom stereocenters. The Morgan fingerprint density at radius 2 is 1.78 bits per heavy atom. The Morgan fingerprint density at radius 3 is 2.44 bits per heavy atom. The number of carbonyl (C=O) groups excluding carboxylic acids is 1. The van der Waals surface area contributed by atoms with Crippen LogP contribution in [0.2, 0.25) is 0 Å². The van der Waals surface area contributed by atoms with E-state index in [1.54, 1.807) is 0 Å². The molecule has 2 aromatic heterocycles. The predicted octanol–water partition coefficient (Wildman–Crippen LogP) is 2.37. The lowest BCUT2D eigenvalue weighted by atomic mass is 9.88. The average molecular weight is 382 g/mol. The second kappa shape index (κ2) is 6.97. The minimum absolute atomic E-state index is 0.0828. The largest absolute Gasteiger partial charge is 0.433 e. The number of fused-ring (bicyclic) bond motifs is 1. The number of alkyl halides is 3. The van der Waals surface area contributed by atoms with Crippen molar-refractivity contribution >= 4 is 17.5 Å². The summed E-state index contributed by atoms with van der Waals surface area (Å²) in [5.74, 6) is 0.506. The summed E-state index contributed by atoms with van der Waals surface area (Å²) >= 11 is 0. The number of carbonyl (C=O) groups is 1. The highest BCUT2D eigenvalue weighted by Gasteiger charge is 2.35. The van der Waals surface area contributed by atoms with E-state index in [-0.39, 0.29) is 17.6 Å². The number of aromatic nitrogens is 4. The minimum Gasteiger partial charge on any atom is -0.353 e. The molecule has 7 nitrogen and oxygen atoms in total. The van der Waals surface area contributed by atoms with E-state index in [1.807, 2.05) is 9.80 Å². The topological polar surface area (TPSA) is 66.6 Å². The zero-order valence-corrected chi connectivity index (χ0v) is 14.8. The number of nitrogens with zero attached hydrogens (tertiary/aromatic N) is 6. The summed E-state index contributed by atoms with van der Waals surface area (Å²) < 4.78 is 40.8. The lowest BCUT2D eigenvalue weighted by molar-refractivity contribution is -0.141. The lowest BCUT2D eigenvalue weighted by Gasteiger charge is -2.38. The van der Waals surface area contributed by atoms with Gasteiger partial charge in [-0.1, -0.05) is 19.3 Å². The Balaban J connectivity index is 1.51. The smallest absolute Gasteiger partial charge is 0.353 e.